The van der Waals surface area contributed by atoms with Crippen LogP contribution in [0, 0.1) is 16.7 Å². The SMILES string of the molecule is CC12CCC(C(=O)N(CCCC(=O)Nc3sc4c(c3C(N)=O)CCCC4)C1=O)C2(C)C. The van der Waals surface area contributed by atoms with E-state index >= 15 is 0 Å². The third-order valence-corrected chi connectivity index (χ3v) is 9.17. The minimum atomic E-state index is -0.528. The summed E-state index contributed by atoms with van der Waals surface area (Å²) in [4.78, 5) is 53.0. The van der Waals surface area contributed by atoms with Crippen LogP contribution in [0.3, 0.4) is 0 Å². The van der Waals surface area contributed by atoms with Gasteiger partial charge in [-0.15, -0.1) is 11.3 Å². The van der Waals surface area contributed by atoms with Gasteiger partial charge < -0.3 is 11.1 Å². The number of nitrogens with zero attached hydrogens (tertiary/aromatic N) is 1. The van der Waals surface area contributed by atoms with Gasteiger partial charge in [0, 0.05) is 23.8 Å². The van der Waals surface area contributed by atoms with Crippen molar-refractivity contribution in [2.24, 2.45) is 22.5 Å². The number of imide groups is 1. The summed E-state index contributed by atoms with van der Waals surface area (Å²) >= 11 is 1.44. The lowest BCUT2D eigenvalue weighted by atomic mass is 9.62. The van der Waals surface area contributed by atoms with Crippen molar-refractivity contribution in [1.29, 1.82) is 0 Å². The molecule has 1 saturated carbocycles. The number of hydrogen-bond acceptors (Lipinski definition) is 5. The largest absolute Gasteiger partial charge is 0.365 e. The molecule has 2 atom stereocenters. The van der Waals surface area contributed by atoms with E-state index in [0.29, 0.717) is 17.0 Å². The van der Waals surface area contributed by atoms with Crippen molar-refractivity contribution >= 4 is 40.0 Å². The Morgan fingerprint density at radius 3 is 2.61 bits per heavy atom. The molecule has 1 aliphatic heterocycles. The molecule has 31 heavy (non-hydrogen) atoms. The fourth-order valence-corrected chi connectivity index (χ4v) is 6.93. The molecule has 1 saturated heterocycles. The quantitative estimate of drug-likeness (QED) is 0.655. The van der Waals surface area contributed by atoms with E-state index in [1.54, 1.807) is 0 Å². The number of thiophene rings is 1. The molecule has 2 fully saturated rings. The van der Waals surface area contributed by atoms with Gasteiger partial charge in [0.25, 0.3) is 5.91 Å². The van der Waals surface area contributed by atoms with Crippen molar-refractivity contribution in [1.82, 2.24) is 4.90 Å². The number of carbonyl (C=O) groups is 4. The first-order valence-corrected chi connectivity index (χ1v) is 12.0. The molecule has 2 heterocycles. The van der Waals surface area contributed by atoms with Crippen LogP contribution in [0.2, 0.25) is 0 Å². The van der Waals surface area contributed by atoms with Crippen LogP contribution < -0.4 is 11.1 Å². The predicted octanol–water partition coefficient (Wildman–Crippen LogP) is 3.26. The van der Waals surface area contributed by atoms with E-state index in [4.69, 9.17) is 5.73 Å². The molecule has 0 radical (unpaired) electrons. The number of carbonyl (C=O) groups excluding carboxylic acids is 4. The van der Waals surface area contributed by atoms with Crippen LogP contribution in [-0.2, 0) is 27.2 Å². The third-order valence-electron chi connectivity index (χ3n) is 7.96. The zero-order valence-corrected chi connectivity index (χ0v) is 19.3. The number of primary amides is 1. The van der Waals surface area contributed by atoms with E-state index in [2.05, 4.69) is 5.32 Å². The first-order chi connectivity index (χ1) is 14.6. The molecule has 1 aromatic rings. The topological polar surface area (TPSA) is 110 Å². The van der Waals surface area contributed by atoms with Crippen LogP contribution in [-0.4, -0.2) is 35.1 Å². The second-order valence-electron chi connectivity index (χ2n) is 9.87. The molecular weight excluding hydrogens is 414 g/mol. The van der Waals surface area contributed by atoms with Gasteiger partial charge in [-0.1, -0.05) is 20.8 Å². The number of fused-ring (bicyclic) bond motifs is 3. The molecule has 4 rings (SSSR count). The van der Waals surface area contributed by atoms with E-state index in [-0.39, 0.29) is 42.0 Å². The summed E-state index contributed by atoms with van der Waals surface area (Å²) in [7, 11) is 0. The zero-order valence-electron chi connectivity index (χ0n) is 18.5. The molecule has 3 aliphatic rings. The van der Waals surface area contributed by atoms with E-state index in [0.717, 1.165) is 49.0 Å². The Morgan fingerprint density at radius 1 is 1.19 bits per heavy atom. The summed E-state index contributed by atoms with van der Waals surface area (Å²) in [5.74, 6) is -1.09. The number of anilines is 1. The molecule has 2 bridgehead atoms. The maximum Gasteiger partial charge on any atom is 0.251 e. The first-order valence-electron chi connectivity index (χ1n) is 11.2. The maximum atomic E-state index is 13.1. The van der Waals surface area contributed by atoms with Gasteiger partial charge in [0.1, 0.15) is 5.00 Å². The van der Waals surface area contributed by atoms with Crippen molar-refractivity contribution < 1.29 is 19.2 Å². The highest BCUT2D eigenvalue weighted by Crippen LogP contribution is 2.60. The van der Waals surface area contributed by atoms with Gasteiger partial charge in [0.2, 0.25) is 17.7 Å². The fraction of sp³-hybridized carbons (Fsp3) is 0.652. The van der Waals surface area contributed by atoms with Crippen molar-refractivity contribution in [3.8, 4) is 0 Å². The second-order valence-corrected chi connectivity index (χ2v) is 11.0. The lowest BCUT2D eigenvalue weighted by molar-refractivity contribution is -0.168. The minimum absolute atomic E-state index is 0.104. The van der Waals surface area contributed by atoms with Crippen LogP contribution in [0.5, 0.6) is 0 Å². The summed E-state index contributed by atoms with van der Waals surface area (Å²) in [6, 6.07) is 0. The molecule has 8 heteroatoms. The molecule has 2 aliphatic carbocycles. The molecule has 0 spiro atoms. The Labute approximate surface area is 186 Å². The van der Waals surface area contributed by atoms with Crippen LogP contribution in [0.25, 0.3) is 0 Å². The highest BCUT2D eigenvalue weighted by atomic mass is 32.1. The summed E-state index contributed by atoms with van der Waals surface area (Å²) < 4.78 is 0. The Bertz CT molecular complexity index is 966. The fourth-order valence-electron chi connectivity index (χ4n) is 5.61. The molecule has 1 aromatic heterocycles. The van der Waals surface area contributed by atoms with Crippen molar-refractivity contribution in [3.05, 3.63) is 16.0 Å². The lowest BCUT2D eigenvalue weighted by Crippen LogP contribution is -2.59. The number of hydrogen-bond donors (Lipinski definition) is 2. The Morgan fingerprint density at radius 2 is 1.90 bits per heavy atom. The summed E-state index contributed by atoms with van der Waals surface area (Å²) in [6.45, 7) is 6.24. The number of nitrogens with one attached hydrogen (secondary N) is 1. The van der Waals surface area contributed by atoms with E-state index in [1.165, 1.54) is 16.2 Å². The molecular formula is C23H31N3O4S. The predicted molar refractivity (Wildman–Crippen MR) is 119 cm³/mol. The highest BCUT2D eigenvalue weighted by Gasteiger charge is 2.64. The number of piperidine rings is 1. The number of likely N-dealkylation sites (tertiary alicyclic amines) is 1. The molecule has 168 valence electrons. The van der Waals surface area contributed by atoms with E-state index < -0.39 is 11.3 Å². The highest BCUT2D eigenvalue weighted by molar-refractivity contribution is 7.17. The smallest absolute Gasteiger partial charge is 0.251 e. The van der Waals surface area contributed by atoms with E-state index in [1.807, 2.05) is 20.8 Å². The number of aryl methyl sites for hydroxylation is 1. The second kappa shape index (κ2) is 7.73. The molecule has 7 nitrogen and oxygen atoms in total. The zero-order chi connectivity index (χ0) is 22.6. The van der Waals surface area contributed by atoms with Gasteiger partial charge in [-0.2, -0.15) is 0 Å². The van der Waals surface area contributed by atoms with Gasteiger partial charge >= 0.3 is 0 Å². The Hall–Kier alpha value is -2.22. The molecule has 2 unspecified atom stereocenters. The number of nitrogens with two attached hydrogens (primary N) is 1. The van der Waals surface area contributed by atoms with Gasteiger partial charge in [-0.05, 0) is 55.9 Å². The van der Waals surface area contributed by atoms with Gasteiger partial charge in [0.05, 0.1) is 11.0 Å². The lowest BCUT2D eigenvalue weighted by Gasteiger charge is -2.47. The normalized spacial score (nSPS) is 26.7. The van der Waals surface area contributed by atoms with Crippen molar-refractivity contribution in [2.75, 3.05) is 11.9 Å². The Balaban J connectivity index is 1.39. The maximum absolute atomic E-state index is 13.1. The minimum Gasteiger partial charge on any atom is -0.365 e. The van der Waals surface area contributed by atoms with Crippen LogP contribution >= 0.6 is 11.3 Å². The standard InChI is InChI=1S/C23H31N3O4S/c1-22(2)14-10-11-23(22,3)21(30)26(20(14)29)12-6-9-16(27)25-19-17(18(24)28)13-7-4-5-8-15(13)31-19/h14H,4-12H2,1-3H3,(H2,24,28)(H,25,27). The average molecular weight is 446 g/mol. The van der Waals surface area contributed by atoms with Crippen LogP contribution in [0.1, 0.15) is 80.1 Å². The monoisotopic (exact) mass is 445 g/mol. The summed E-state index contributed by atoms with van der Waals surface area (Å²) in [6.07, 6.45) is 5.85. The third kappa shape index (κ3) is 3.39. The van der Waals surface area contributed by atoms with Gasteiger partial charge in [-0.25, -0.2) is 0 Å². The van der Waals surface area contributed by atoms with E-state index in [9.17, 15) is 19.2 Å². The first kappa shape index (κ1) is 22.0. The molecule has 4 amide bonds. The summed E-state index contributed by atoms with van der Waals surface area (Å²) in [5.41, 5.74) is 6.15. The molecule has 3 N–H and O–H groups in total. The van der Waals surface area contributed by atoms with Crippen LogP contribution in [0.4, 0.5) is 5.00 Å². The average Bonchev–Trinajstić information content (AvgIpc) is 3.15. The van der Waals surface area contributed by atoms with Crippen molar-refractivity contribution in [2.45, 2.75) is 72.1 Å². The van der Waals surface area contributed by atoms with Crippen LogP contribution in [0.15, 0.2) is 0 Å². The van der Waals surface area contributed by atoms with Gasteiger partial charge in [-0.3, -0.25) is 24.1 Å². The Kier molecular flexibility index (Phi) is 5.48. The number of amides is 4. The van der Waals surface area contributed by atoms with Crippen molar-refractivity contribution in [3.63, 3.8) is 0 Å². The van der Waals surface area contributed by atoms with Gasteiger partial charge in [0.15, 0.2) is 0 Å². The summed E-state index contributed by atoms with van der Waals surface area (Å²) in [5, 5.41) is 3.38. The molecule has 0 aromatic carbocycles. The number of rotatable bonds is 6.